The molecule has 1 aliphatic rings. The largest absolute Gasteiger partial charge is 0.352 e. The van der Waals surface area contributed by atoms with Gasteiger partial charge in [-0.1, -0.05) is 11.6 Å². The summed E-state index contributed by atoms with van der Waals surface area (Å²) in [6, 6.07) is 7.36. The Kier molecular flexibility index (Phi) is 5.40. The maximum absolute atomic E-state index is 12.2. The first kappa shape index (κ1) is 18.6. The highest BCUT2D eigenvalue weighted by molar-refractivity contribution is 7.14. The van der Waals surface area contributed by atoms with Gasteiger partial charge in [0.2, 0.25) is 11.8 Å². The molecule has 7 nitrogen and oxygen atoms in total. The van der Waals surface area contributed by atoms with Gasteiger partial charge in [-0.2, -0.15) is 5.10 Å². The molecule has 3 aromatic rings. The summed E-state index contributed by atoms with van der Waals surface area (Å²) in [7, 11) is 0. The number of anilines is 1. The van der Waals surface area contributed by atoms with Gasteiger partial charge in [-0.05, 0) is 30.7 Å². The van der Waals surface area contributed by atoms with E-state index < -0.39 is 0 Å². The van der Waals surface area contributed by atoms with Crippen LogP contribution in [0.1, 0.15) is 24.1 Å². The van der Waals surface area contributed by atoms with Crippen LogP contribution in [-0.2, 0) is 22.6 Å². The molecule has 1 saturated heterocycles. The van der Waals surface area contributed by atoms with Crippen molar-refractivity contribution >= 4 is 39.9 Å². The molecular weight excluding hydrogens is 398 g/mol. The zero-order valence-corrected chi connectivity index (χ0v) is 16.5. The van der Waals surface area contributed by atoms with Gasteiger partial charge in [-0.3, -0.25) is 14.5 Å². The van der Waals surface area contributed by atoms with Crippen molar-refractivity contribution in [3.8, 4) is 5.69 Å². The number of thiazole rings is 1. The van der Waals surface area contributed by atoms with Gasteiger partial charge in [0.05, 0.1) is 24.0 Å². The van der Waals surface area contributed by atoms with E-state index in [0.717, 1.165) is 17.7 Å². The normalized spacial score (nSPS) is 13.9. The summed E-state index contributed by atoms with van der Waals surface area (Å²) in [4.78, 5) is 30.1. The van der Waals surface area contributed by atoms with E-state index in [4.69, 9.17) is 11.6 Å². The van der Waals surface area contributed by atoms with Crippen LogP contribution >= 0.6 is 22.9 Å². The fraction of sp³-hybridized carbons (Fsp3) is 0.263. The van der Waals surface area contributed by atoms with Crippen LogP contribution < -0.4 is 10.2 Å². The van der Waals surface area contributed by atoms with Crippen molar-refractivity contribution in [1.82, 2.24) is 20.1 Å². The average molecular weight is 416 g/mol. The summed E-state index contributed by atoms with van der Waals surface area (Å²) in [5, 5.41) is 10.4. The third-order valence-electron chi connectivity index (χ3n) is 4.40. The second kappa shape index (κ2) is 8.12. The number of benzene rings is 1. The molecule has 1 aromatic carbocycles. The van der Waals surface area contributed by atoms with Gasteiger partial charge in [0, 0.05) is 41.7 Å². The predicted octanol–water partition coefficient (Wildman–Crippen LogP) is 2.97. The lowest BCUT2D eigenvalue weighted by atomic mass is 10.3. The van der Waals surface area contributed by atoms with Crippen molar-refractivity contribution in [2.45, 2.75) is 25.8 Å². The molecule has 0 saturated carbocycles. The lowest BCUT2D eigenvalue weighted by molar-refractivity contribution is -0.120. The number of halogens is 1. The number of rotatable bonds is 6. The van der Waals surface area contributed by atoms with E-state index in [1.54, 1.807) is 27.9 Å². The Morgan fingerprint density at radius 3 is 2.86 bits per heavy atom. The smallest absolute Gasteiger partial charge is 0.228 e. The van der Waals surface area contributed by atoms with E-state index in [0.29, 0.717) is 35.4 Å². The predicted molar refractivity (Wildman–Crippen MR) is 108 cm³/mol. The number of nitrogens with one attached hydrogen (secondary N) is 1. The van der Waals surface area contributed by atoms with Crippen LogP contribution in [0, 0.1) is 0 Å². The second-order valence-corrected chi connectivity index (χ2v) is 7.77. The van der Waals surface area contributed by atoms with Crippen molar-refractivity contribution < 1.29 is 9.59 Å². The molecule has 4 rings (SSSR count). The zero-order valence-electron chi connectivity index (χ0n) is 15.0. The molecule has 0 bridgehead atoms. The molecule has 2 amide bonds. The van der Waals surface area contributed by atoms with Gasteiger partial charge < -0.3 is 5.32 Å². The molecule has 2 aromatic heterocycles. The standard InChI is InChI=1S/C19H18ClN5O2S/c20-14-3-5-16(6-4-14)25-11-13(10-22-25)9-21-17(26)8-15-12-28-19(23-15)24-7-1-2-18(24)27/h3-6,10-12H,1-2,7-9H2,(H,21,26). The molecule has 1 fully saturated rings. The molecule has 0 spiro atoms. The summed E-state index contributed by atoms with van der Waals surface area (Å²) in [6.07, 6.45) is 5.19. The van der Waals surface area contributed by atoms with E-state index in [-0.39, 0.29) is 18.2 Å². The molecule has 0 aliphatic carbocycles. The van der Waals surface area contributed by atoms with Crippen LogP contribution in [0.5, 0.6) is 0 Å². The Labute approximate surface area is 170 Å². The van der Waals surface area contributed by atoms with Crippen LogP contribution in [-0.4, -0.2) is 33.1 Å². The first-order valence-electron chi connectivity index (χ1n) is 8.89. The minimum atomic E-state index is -0.121. The van der Waals surface area contributed by atoms with Gasteiger partial charge in [-0.25, -0.2) is 9.67 Å². The first-order valence-corrected chi connectivity index (χ1v) is 10.2. The lowest BCUT2D eigenvalue weighted by Gasteiger charge is -2.10. The highest BCUT2D eigenvalue weighted by atomic mass is 35.5. The average Bonchev–Trinajstić information content (AvgIpc) is 3.41. The Hall–Kier alpha value is -2.71. The molecule has 9 heteroatoms. The third-order valence-corrected chi connectivity index (χ3v) is 5.57. The summed E-state index contributed by atoms with van der Waals surface area (Å²) >= 11 is 7.30. The number of aromatic nitrogens is 3. The molecule has 1 aliphatic heterocycles. The fourth-order valence-corrected chi connectivity index (χ4v) is 3.96. The summed E-state index contributed by atoms with van der Waals surface area (Å²) < 4.78 is 1.73. The number of carbonyl (C=O) groups is 2. The maximum atomic E-state index is 12.2. The van der Waals surface area contributed by atoms with Crippen LogP contribution in [0.3, 0.4) is 0 Å². The van der Waals surface area contributed by atoms with Crippen molar-refractivity contribution in [1.29, 1.82) is 0 Å². The van der Waals surface area contributed by atoms with Crippen LogP contribution in [0.15, 0.2) is 42.0 Å². The number of amides is 2. The van der Waals surface area contributed by atoms with Crippen molar-refractivity contribution in [2.24, 2.45) is 0 Å². The summed E-state index contributed by atoms with van der Waals surface area (Å²) in [5.41, 5.74) is 2.47. The molecular formula is C19H18ClN5O2S. The minimum absolute atomic E-state index is 0.100. The highest BCUT2D eigenvalue weighted by Gasteiger charge is 2.24. The number of hydrogen-bond acceptors (Lipinski definition) is 5. The van der Waals surface area contributed by atoms with Gasteiger partial charge in [0.15, 0.2) is 5.13 Å². The zero-order chi connectivity index (χ0) is 19.5. The van der Waals surface area contributed by atoms with E-state index in [1.165, 1.54) is 11.3 Å². The molecule has 1 N–H and O–H groups in total. The van der Waals surface area contributed by atoms with Gasteiger partial charge >= 0.3 is 0 Å². The van der Waals surface area contributed by atoms with Gasteiger partial charge in [0.1, 0.15) is 0 Å². The monoisotopic (exact) mass is 415 g/mol. The number of hydrogen-bond donors (Lipinski definition) is 1. The summed E-state index contributed by atoms with van der Waals surface area (Å²) in [5.74, 6) is -0.0214. The van der Waals surface area contributed by atoms with Crippen LogP contribution in [0.25, 0.3) is 5.69 Å². The molecule has 144 valence electrons. The number of nitrogens with zero attached hydrogens (tertiary/aromatic N) is 4. The molecule has 3 heterocycles. The Bertz CT molecular complexity index is 998. The Balaban J connectivity index is 1.31. The number of carbonyl (C=O) groups excluding carboxylic acids is 2. The molecule has 0 atom stereocenters. The Morgan fingerprint density at radius 2 is 2.11 bits per heavy atom. The van der Waals surface area contributed by atoms with Crippen molar-refractivity contribution in [3.05, 3.63) is 58.3 Å². The van der Waals surface area contributed by atoms with E-state index in [1.807, 2.05) is 23.7 Å². The maximum Gasteiger partial charge on any atom is 0.228 e. The van der Waals surface area contributed by atoms with Crippen molar-refractivity contribution in [2.75, 3.05) is 11.4 Å². The van der Waals surface area contributed by atoms with E-state index >= 15 is 0 Å². The fourth-order valence-electron chi connectivity index (χ4n) is 2.97. The van der Waals surface area contributed by atoms with Gasteiger partial charge in [-0.15, -0.1) is 11.3 Å². The highest BCUT2D eigenvalue weighted by Crippen LogP contribution is 2.25. The van der Waals surface area contributed by atoms with Gasteiger partial charge in [0.25, 0.3) is 0 Å². The SMILES string of the molecule is O=C(Cc1csc(N2CCCC2=O)n1)NCc1cnn(-c2ccc(Cl)cc2)c1. The van der Waals surface area contributed by atoms with Crippen molar-refractivity contribution in [3.63, 3.8) is 0 Å². The quantitative estimate of drug-likeness (QED) is 0.671. The Morgan fingerprint density at radius 1 is 1.29 bits per heavy atom. The van der Waals surface area contributed by atoms with Crippen LogP contribution in [0.2, 0.25) is 5.02 Å². The molecule has 28 heavy (non-hydrogen) atoms. The topological polar surface area (TPSA) is 80.1 Å². The van der Waals surface area contributed by atoms with Crippen LogP contribution in [0.4, 0.5) is 5.13 Å². The second-order valence-electron chi connectivity index (χ2n) is 6.49. The lowest BCUT2D eigenvalue weighted by Crippen LogP contribution is -2.25. The summed E-state index contributed by atoms with van der Waals surface area (Å²) in [6.45, 7) is 1.09. The third kappa shape index (κ3) is 4.23. The molecule has 0 radical (unpaired) electrons. The minimum Gasteiger partial charge on any atom is -0.352 e. The van der Waals surface area contributed by atoms with E-state index in [9.17, 15) is 9.59 Å². The first-order chi connectivity index (χ1) is 13.6. The molecule has 0 unspecified atom stereocenters. The van der Waals surface area contributed by atoms with E-state index in [2.05, 4.69) is 15.4 Å².